The van der Waals surface area contributed by atoms with Crippen LogP contribution in [0.2, 0.25) is 0 Å². The van der Waals surface area contributed by atoms with Gasteiger partial charge in [0.25, 0.3) is 0 Å². The number of nitrogens with zero attached hydrogens (tertiary/aromatic N) is 2. The Morgan fingerprint density at radius 2 is 1.57 bits per heavy atom. The zero-order chi connectivity index (χ0) is 4.74. The summed E-state index contributed by atoms with van der Waals surface area (Å²) in [5.41, 5.74) is 0.611. The molecule has 38 valence electrons. The highest BCUT2D eigenvalue weighted by Crippen LogP contribution is 2.48. The lowest BCUT2D eigenvalue weighted by molar-refractivity contribution is 0.604. The van der Waals surface area contributed by atoms with Crippen LogP contribution in [0.15, 0.2) is 10.2 Å². The zero-order valence-corrected chi connectivity index (χ0v) is 4.22. The molecule has 0 unspecified atom stereocenters. The highest BCUT2D eigenvalue weighted by molar-refractivity contribution is 4.98. The molecule has 0 saturated heterocycles. The van der Waals surface area contributed by atoms with Crippen LogP contribution in [-0.4, -0.2) is 13.1 Å². The van der Waals surface area contributed by atoms with Crippen molar-refractivity contribution >= 4 is 0 Å². The number of azo groups is 1. The van der Waals surface area contributed by atoms with Gasteiger partial charge < -0.3 is 0 Å². The topological polar surface area (TPSA) is 24.7 Å². The molecule has 0 bridgehead atoms. The maximum absolute atomic E-state index is 3.92. The quantitative estimate of drug-likeness (QED) is 0.433. The monoisotopic (exact) mass is 96.1 g/mol. The van der Waals surface area contributed by atoms with Crippen LogP contribution in [-0.2, 0) is 0 Å². The van der Waals surface area contributed by atoms with Crippen LogP contribution < -0.4 is 0 Å². The molecule has 1 spiro atoms. The van der Waals surface area contributed by atoms with E-state index in [1.807, 2.05) is 0 Å². The van der Waals surface area contributed by atoms with Gasteiger partial charge in [0.15, 0.2) is 0 Å². The molecule has 1 aliphatic carbocycles. The van der Waals surface area contributed by atoms with Gasteiger partial charge >= 0.3 is 0 Å². The average molecular weight is 96.1 g/mol. The van der Waals surface area contributed by atoms with Crippen molar-refractivity contribution < 1.29 is 0 Å². The number of rotatable bonds is 0. The second-order valence-electron chi connectivity index (χ2n) is 2.60. The molecule has 0 aromatic rings. The Morgan fingerprint density at radius 3 is 1.86 bits per heavy atom. The SMILES string of the molecule is C1CC12CN=NC2. The Morgan fingerprint density at radius 1 is 1.00 bits per heavy atom. The van der Waals surface area contributed by atoms with Crippen molar-refractivity contribution in [2.45, 2.75) is 12.8 Å². The first-order valence-corrected chi connectivity index (χ1v) is 2.75. The Kier molecular flexibility index (Phi) is 0.451. The largest absolute Gasteiger partial charge is 0.194 e. The summed E-state index contributed by atoms with van der Waals surface area (Å²) in [5.74, 6) is 0. The number of hydrogen-bond donors (Lipinski definition) is 0. The molecule has 0 N–H and O–H groups in total. The molecule has 1 heterocycles. The molecule has 2 rings (SSSR count). The van der Waals surface area contributed by atoms with Crippen LogP contribution in [0.1, 0.15) is 12.8 Å². The molecule has 0 atom stereocenters. The van der Waals surface area contributed by atoms with E-state index in [1.165, 1.54) is 12.8 Å². The molecule has 0 radical (unpaired) electrons. The second-order valence-corrected chi connectivity index (χ2v) is 2.60. The van der Waals surface area contributed by atoms with Crippen LogP contribution in [0.4, 0.5) is 0 Å². The smallest absolute Gasteiger partial charge is 0.0673 e. The van der Waals surface area contributed by atoms with Gasteiger partial charge in [-0.2, -0.15) is 10.2 Å². The lowest BCUT2D eigenvalue weighted by atomic mass is 10.1. The third-order valence-corrected chi connectivity index (χ3v) is 1.87. The lowest BCUT2D eigenvalue weighted by Gasteiger charge is -1.93. The van der Waals surface area contributed by atoms with Gasteiger partial charge in [-0.3, -0.25) is 0 Å². The van der Waals surface area contributed by atoms with E-state index in [4.69, 9.17) is 0 Å². The fraction of sp³-hybridized carbons (Fsp3) is 1.00. The summed E-state index contributed by atoms with van der Waals surface area (Å²) >= 11 is 0. The summed E-state index contributed by atoms with van der Waals surface area (Å²) < 4.78 is 0. The van der Waals surface area contributed by atoms with Crippen molar-refractivity contribution in [2.24, 2.45) is 15.6 Å². The van der Waals surface area contributed by atoms with E-state index in [-0.39, 0.29) is 0 Å². The first kappa shape index (κ1) is 3.58. The Hall–Kier alpha value is -0.400. The molecule has 0 aromatic heterocycles. The third kappa shape index (κ3) is 0.392. The Bertz CT molecular complexity index is 103. The van der Waals surface area contributed by atoms with Gasteiger partial charge in [0.1, 0.15) is 0 Å². The van der Waals surface area contributed by atoms with Gasteiger partial charge in [-0.05, 0) is 12.8 Å². The molecule has 1 fully saturated rings. The summed E-state index contributed by atoms with van der Waals surface area (Å²) in [6.07, 6.45) is 2.75. The molecule has 0 aromatic carbocycles. The fourth-order valence-electron chi connectivity index (χ4n) is 0.943. The van der Waals surface area contributed by atoms with E-state index < -0.39 is 0 Å². The maximum atomic E-state index is 3.92. The van der Waals surface area contributed by atoms with Gasteiger partial charge in [0.2, 0.25) is 0 Å². The molecular formula is C5H8N2. The van der Waals surface area contributed by atoms with E-state index >= 15 is 0 Å². The maximum Gasteiger partial charge on any atom is 0.0673 e. The van der Waals surface area contributed by atoms with E-state index in [0.717, 1.165) is 13.1 Å². The molecular weight excluding hydrogens is 88.1 g/mol. The van der Waals surface area contributed by atoms with Crippen LogP contribution in [0.25, 0.3) is 0 Å². The second kappa shape index (κ2) is 0.881. The van der Waals surface area contributed by atoms with Gasteiger partial charge in [-0.1, -0.05) is 0 Å². The van der Waals surface area contributed by atoms with Gasteiger partial charge in [-0.15, -0.1) is 0 Å². The van der Waals surface area contributed by atoms with Crippen LogP contribution in [0, 0.1) is 5.41 Å². The normalized spacial score (nSPS) is 32.0. The molecule has 1 aliphatic heterocycles. The highest BCUT2D eigenvalue weighted by atomic mass is 15.2. The minimum atomic E-state index is 0.611. The predicted molar refractivity (Wildman–Crippen MR) is 26.3 cm³/mol. The predicted octanol–water partition coefficient (Wildman–Crippen LogP) is 1.23. The highest BCUT2D eigenvalue weighted by Gasteiger charge is 2.44. The summed E-state index contributed by atoms with van der Waals surface area (Å²) in [4.78, 5) is 0. The van der Waals surface area contributed by atoms with Crippen molar-refractivity contribution in [3.8, 4) is 0 Å². The minimum absolute atomic E-state index is 0.611. The van der Waals surface area contributed by atoms with Gasteiger partial charge in [-0.25, -0.2) is 0 Å². The van der Waals surface area contributed by atoms with Crippen molar-refractivity contribution in [3.05, 3.63) is 0 Å². The van der Waals surface area contributed by atoms with Crippen LogP contribution in [0.5, 0.6) is 0 Å². The van der Waals surface area contributed by atoms with Gasteiger partial charge in [0.05, 0.1) is 13.1 Å². The van der Waals surface area contributed by atoms with Crippen molar-refractivity contribution in [1.29, 1.82) is 0 Å². The molecule has 0 amide bonds. The molecule has 1 saturated carbocycles. The molecule has 2 nitrogen and oxygen atoms in total. The minimum Gasteiger partial charge on any atom is -0.194 e. The Labute approximate surface area is 42.6 Å². The summed E-state index contributed by atoms with van der Waals surface area (Å²) in [6.45, 7) is 2.04. The zero-order valence-electron chi connectivity index (χ0n) is 4.22. The fourth-order valence-corrected chi connectivity index (χ4v) is 0.943. The first-order valence-electron chi connectivity index (χ1n) is 2.75. The van der Waals surface area contributed by atoms with E-state index in [1.54, 1.807) is 0 Å². The van der Waals surface area contributed by atoms with Crippen molar-refractivity contribution in [1.82, 2.24) is 0 Å². The molecule has 2 aliphatic rings. The molecule has 7 heavy (non-hydrogen) atoms. The van der Waals surface area contributed by atoms with E-state index in [2.05, 4.69) is 10.2 Å². The van der Waals surface area contributed by atoms with Crippen molar-refractivity contribution in [3.63, 3.8) is 0 Å². The van der Waals surface area contributed by atoms with Crippen LogP contribution >= 0.6 is 0 Å². The van der Waals surface area contributed by atoms with Crippen molar-refractivity contribution in [2.75, 3.05) is 13.1 Å². The summed E-state index contributed by atoms with van der Waals surface area (Å²) in [7, 11) is 0. The summed E-state index contributed by atoms with van der Waals surface area (Å²) in [5, 5.41) is 7.85. The standard InChI is InChI=1S/C5H8N2/c1-2-5(1)3-6-7-4-5/h1-4H2. The third-order valence-electron chi connectivity index (χ3n) is 1.87. The number of hydrogen-bond acceptors (Lipinski definition) is 2. The molecule has 2 heteroatoms. The van der Waals surface area contributed by atoms with Gasteiger partial charge in [0, 0.05) is 5.41 Å². The lowest BCUT2D eigenvalue weighted by Crippen LogP contribution is -2.01. The van der Waals surface area contributed by atoms with E-state index in [0.29, 0.717) is 5.41 Å². The van der Waals surface area contributed by atoms with Crippen LogP contribution in [0.3, 0.4) is 0 Å². The first-order chi connectivity index (χ1) is 3.41. The summed E-state index contributed by atoms with van der Waals surface area (Å²) in [6, 6.07) is 0. The van der Waals surface area contributed by atoms with E-state index in [9.17, 15) is 0 Å². The average Bonchev–Trinajstić information content (AvgIpc) is 2.15. The Balaban J connectivity index is 2.14.